The number of aryl methyl sites for hydroxylation is 2. The predicted octanol–water partition coefficient (Wildman–Crippen LogP) is 6.61. The fourth-order valence-electron chi connectivity index (χ4n) is 4.65. The van der Waals surface area contributed by atoms with Crippen molar-refractivity contribution >= 4 is 27.9 Å². The van der Waals surface area contributed by atoms with Crippen LogP contribution in [0.4, 0.5) is 4.79 Å². The van der Waals surface area contributed by atoms with Gasteiger partial charge in [0.05, 0.1) is 6.04 Å². The van der Waals surface area contributed by atoms with Gasteiger partial charge in [-0.1, -0.05) is 110 Å². The second-order valence-corrected chi connectivity index (χ2v) is 10.7. The van der Waals surface area contributed by atoms with E-state index in [2.05, 4.69) is 46.3 Å². The van der Waals surface area contributed by atoms with Crippen molar-refractivity contribution in [3.8, 4) is 0 Å². The van der Waals surface area contributed by atoms with Crippen LogP contribution in [0.15, 0.2) is 54.6 Å². The van der Waals surface area contributed by atoms with Crippen molar-refractivity contribution < 1.29 is 19.4 Å². The van der Waals surface area contributed by atoms with Crippen LogP contribution in [-0.2, 0) is 22.4 Å². The molecule has 0 unspecified atom stereocenters. The molecular weight excluding hydrogens is 506 g/mol. The Bertz CT molecular complexity index is 949. The first-order valence-electron chi connectivity index (χ1n) is 12.8. The Morgan fingerprint density at radius 3 is 2.26 bits per heavy atom. The number of hydrogen-bond acceptors (Lipinski definition) is 4. The molecule has 1 aliphatic rings. The number of carbonyl (C=O) groups is 2. The summed E-state index contributed by atoms with van der Waals surface area (Å²) in [7, 11) is 0. The number of benzene rings is 2. The van der Waals surface area contributed by atoms with E-state index in [1.165, 1.54) is 31.2 Å². The lowest BCUT2D eigenvalue weighted by Gasteiger charge is -2.27. The highest BCUT2D eigenvalue weighted by Crippen LogP contribution is 2.31. The first kappa shape index (κ1) is 27.4. The Labute approximate surface area is 218 Å². The molecule has 0 aromatic heterocycles. The van der Waals surface area contributed by atoms with Gasteiger partial charge in [0.25, 0.3) is 0 Å². The molecule has 6 heteroatoms. The Balaban J connectivity index is 1.46. The van der Waals surface area contributed by atoms with Gasteiger partial charge in [0.2, 0.25) is 5.91 Å². The van der Waals surface area contributed by atoms with Crippen LogP contribution >= 0.6 is 15.9 Å². The molecule has 1 saturated heterocycles. The van der Waals surface area contributed by atoms with Crippen LogP contribution in [0.5, 0.6) is 0 Å². The van der Waals surface area contributed by atoms with Crippen molar-refractivity contribution in [1.82, 2.24) is 4.90 Å². The molecule has 0 radical (unpaired) electrons. The number of aliphatic hydroxyl groups is 1. The van der Waals surface area contributed by atoms with Crippen LogP contribution in [0.3, 0.4) is 0 Å². The molecule has 5 nitrogen and oxygen atoms in total. The summed E-state index contributed by atoms with van der Waals surface area (Å²) >= 11 is 3.38. The van der Waals surface area contributed by atoms with E-state index in [4.69, 9.17) is 4.74 Å². The SMILES string of the molecule is CC(C)[C@H]1COC(=O)N1C(=O)[C@@H](Br)[C@@H](O)c1ccccc1CCCCCCCCc1ccccc1. The molecule has 0 aliphatic carbocycles. The van der Waals surface area contributed by atoms with Crippen molar-refractivity contribution in [2.45, 2.75) is 82.2 Å². The van der Waals surface area contributed by atoms with Crippen molar-refractivity contribution in [3.05, 3.63) is 71.3 Å². The van der Waals surface area contributed by atoms with E-state index in [-0.39, 0.29) is 18.6 Å². The smallest absolute Gasteiger partial charge is 0.417 e. The van der Waals surface area contributed by atoms with Gasteiger partial charge in [-0.3, -0.25) is 4.79 Å². The van der Waals surface area contributed by atoms with Crippen molar-refractivity contribution in [2.75, 3.05) is 6.61 Å². The van der Waals surface area contributed by atoms with E-state index in [0.717, 1.165) is 41.7 Å². The van der Waals surface area contributed by atoms with E-state index in [1.54, 1.807) is 0 Å². The second-order valence-electron chi connectivity index (χ2n) is 9.75. The molecule has 1 aliphatic heterocycles. The second kappa shape index (κ2) is 13.8. The van der Waals surface area contributed by atoms with Gasteiger partial charge in [0.1, 0.15) is 17.5 Å². The van der Waals surface area contributed by atoms with Crippen LogP contribution in [0.25, 0.3) is 0 Å². The standard InChI is InChI=1S/C29H38BrNO4/c1-21(2)25-20-35-29(34)31(25)28(33)26(30)27(32)24-19-13-12-18-23(24)17-11-6-4-3-5-8-14-22-15-9-7-10-16-22/h7,9-10,12-13,15-16,18-19,21,25-27,32H,3-6,8,11,14,17,20H2,1-2H3/t25-,26+,27+/m1/s1. The lowest BCUT2D eigenvalue weighted by Crippen LogP contribution is -2.46. The van der Waals surface area contributed by atoms with E-state index in [1.807, 2.05) is 38.1 Å². The number of alkyl halides is 1. The van der Waals surface area contributed by atoms with Crippen LogP contribution in [0, 0.1) is 5.92 Å². The molecule has 0 spiro atoms. The molecule has 35 heavy (non-hydrogen) atoms. The molecule has 2 aromatic carbocycles. The Morgan fingerprint density at radius 1 is 0.971 bits per heavy atom. The lowest BCUT2D eigenvalue weighted by molar-refractivity contribution is -0.130. The number of imide groups is 1. The number of amides is 2. The Morgan fingerprint density at radius 2 is 1.57 bits per heavy atom. The van der Waals surface area contributed by atoms with Crippen molar-refractivity contribution in [1.29, 1.82) is 0 Å². The zero-order valence-corrected chi connectivity index (χ0v) is 22.5. The third-order valence-electron chi connectivity index (χ3n) is 6.80. The molecule has 0 bridgehead atoms. The van der Waals surface area contributed by atoms with Crippen molar-refractivity contribution in [3.63, 3.8) is 0 Å². The average Bonchev–Trinajstić information content (AvgIpc) is 3.26. The summed E-state index contributed by atoms with van der Waals surface area (Å²) < 4.78 is 5.11. The van der Waals surface area contributed by atoms with E-state index < -0.39 is 22.9 Å². The maximum absolute atomic E-state index is 13.1. The molecular formula is C29H38BrNO4. The number of aliphatic hydroxyl groups excluding tert-OH is 1. The number of ether oxygens (including phenoxy) is 1. The number of halogens is 1. The summed E-state index contributed by atoms with van der Waals surface area (Å²) in [5.41, 5.74) is 3.19. The van der Waals surface area contributed by atoms with Gasteiger partial charge < -0.3 is 9.84 Å². The van der Waals surface area contributed by atoms with Crippen LogP contribution in [0.1, 0.15) is 75.2 Å². The van der Waals surface area contributed by atoms with Crippen molar-refractivity contribution in [2.24, 2.45) is 5.92 Å². The number of rotatable bonds is 13. The molecule has 2 amide bonds. The summed E-state index contributed by atoms with van der Waals surface area (Å²) in [4.78, 5) is 25.5. The fourth-order valence-corrected chi connectivity index (χ4v) is 5.16. The average molecular weight is 545 g/mol. The van der Waals surface area contributed by atoms with Gasteiger partial charge in [-0.2, -0.15) is 0 Å². The number of cyclic esters (lactones) is 1. The van der Waals surface area contributed by atoms with E-state index in [9.17, 15) is 14.7 Å². The first-order chi connectivity index (χ1) is 16.9. The van der Waals surface area contributed by atoms with Crippen LogP contribution in [0.2, 0.25) is 0 Å². The minimum Gasteiger partial charge on any atom is -0.447 e. The van der Waals surface area contributed by atoms with Gasteiger partial charge >= 0.3 is 6.09 Å². The monoisotopic (exact) mass is 543 g/mol. The summed E-state index contributed by atoms with van der Waals surface area (Å²) in [6, 6.07) is 18.0. The highest BCUT2D eigenvalue weighted by atomic mass is 79.9. The summed E-state index contributed by atoms with van der Waals surface area (Å²) in [5.74, 6) is -0.378. The molecule has 2 aromatic rings. The quantitative estimate of drug-likeness (QED) is 0.228. The Kier molecular flexibility index (Phi) is 10.8. The van der Waals surface area contributed by atoms with Gasteiger partial charge in [-0.25, -0.2) is 9.69 Å². The van der Waals surface area contributed by atoms with Crippen LogP contribution in [-0.4, -0.2) is 39.5 Å². The molecule has 3 rings (SSSR count). The molecule has 1 heterocycles. The minimum absolute atomic E-state index is 0.0767. The summed E-state index contributed by atoms with van der Waals surface area (Å²) in [5, 5.41) is 11.1. The normalized spacial score (nSPS) is 17.5. The molecule has 3 atom stereocenters. The van der Waals surface area contributed by atoms with E-state index in [0.29, 0.717) is 0 Å². The number of nitrogens with zero attached hydrogens (tertiary/aromatic N) is 1. The molecule has 0 saturated carbocycles. The highest BCUT2D eigenvalue weighted by molar-refractivity contribution is 9.10. The number of hydrogen-bond donors (Lipinski definition) is 1. The minimum atomic E-state index is -1.04. The first-order valence-corrected chi connectivity index (χ1v) is 13.8. The summed E-state index contributed by atoms with van der Waals surface area (Å²) in [6.07, 6.45) is 7.40. The van der Waals surface area contributed by atoms with Crippen LogP contribution < -0.4 is 0 Å². The number of carbonyl (C=O) groups excluding carboxylic acids is 2. The fraction of sp³-hybridized carbons (Fsp3) is 0.517. The van der Waals surface area contributed by atoms with Gasteiger partial charge in [-0.05, 0) is 48.3 Å². The largest absolute Gasteiger partial charge is 0.447 e. The zero-order valence-electron chi connectivity index (χ0n) is 20.9. The molecule has 1 fully saturated rings. The van der Waals surface area contributed by atoms with E-state index >= 15 is 0 Å². The van der Waals surface area contributed by atoms with Gasteiger partial charge in [0, 0.05) is 0 Å². The topological polar surface area (TPSA) is 66.8 Å². The predicted molar refractivity (Wildman–Crippen MR) is 142 cm³/mol. The van der Waals surface area contributed by atoms with Gasteiger partial charge in [-0.15, -0.1) is 0 Å². The zero-order chi connectivity index (χ0) is 25.2. The highest BCUT2D eigenvalue weighted by Gasteiger charge is 2.43. The molecule has 190 valence electrons. The molecule has 1 N–H and O–H groups in total. The number of unbranched alkanes of at least 4 members (excludes halogenated alkanes) is 5. The lowest BCUT2D eigenvalue weighted by atomic mass is 9.95. The maximum atomic E-state index is 13.1. The summed E-state index contributed by atoms with van der Waals surface area (Å²) in [6.45, 7) is 4.09. The maximum Gasteiger partial charge on any atom is 0.417 e. The third-order valence-corrected chi connectivity index (χ3v) is 7.70. The third kappa shape index (κ3) is 7.65. The van der Waals surface area contributed by atoms with Gasteiger partial charge in [0.15, 0.2) is 0 Å². The Hall–Kier alpha value is -2.18.